The van der Waals surface area contributed by atoms with Crippen molar-refractivity contribution >= 4 is 28.6 Å². The molecule has 0 spiro atoms. The van der Waals surface area contributed by atoms with Crippen LogP contribution in [0.1, 0.15) is 23.3 Å². The molecule has 5 rings (SSSR count). The van der Waals surface area contributed by atoms with Gasteiger partial charge in [-0.05, 0) is 49.2 Å². The van der Waals surface area contributed by atoms with E-state index in [1.54, 1.807) is 18.2 Å². The van der Waals surface area contributed by atoms with Gasteiger partial charge in [-0.2, -0.15) is 0 Å². The minimum absolute atomic E-state index is 0.00646. The Morgan fingerprint density at radius 3 is 2.62 bits per heavy atom. The smallest absolute Gasteiger partial charge is 0.325 e. The Balaban J connectivity index is 1.39. The lowest BCUT2D eigenvalue weighted by atomic mass is 10.1. The first-order chi connectivity index (χ1) is 15.6. The highest BCUT2D eigenvalue weighted by Crippen LogP contribution is 2.34. The van der Waals surface area contributed by atoms with E-state index in [1.165, 1.54) is 0 Å². The summed E-state index contributed by atoms with van der Waals surface area (Å²) in [7, 11) is 2.08. The van der Waals surface area contributed by atoms with E-state index in [2.05, 4.69) is 22.9 Å². The zero-order valence-corrected chi connectivity index (χ0v) is 18.2. The summed E-state index contributed by atoms with van der Waals surface area (Å²) >= 11 is 0. The van der Waals surface area contributed by atoms with E-state index in [0.717, 1.165) is 49.3 Å². The summed E-state index contributed by atoms with van der Waals surface area (Å²) in [4.78, 5) is 29.8. The van der Waals surface area contributed by atoms with Gasteiger partial charge in [-0.15, -0.1) is 0 Å². The van der Waals surface area contributed by atoms with Gasteiger partial charge in [-0.25, -0.2) is 0 Å². The van der Waals surface area contributed by atoms with E-state index in [-0.39, 0.29) is 17.9 Å². The zero-order chi connectivity index (χ0) is 22.1. The Kier molecular flexibility index (Phi) is 5.64. The van der Waals surface area contributed by atoms with E-state index < -0.39 is 0 Å². The maximum atomic E-state index is 13.0. The minimum atomic E-state index is -0.304. The number of allylic oxidation sites excluding steroid dienone is 1. The highest BCUT2D eigenvalue weighted by atomic mass is 16.5. The molecule has 2 aromatic carbocycles. The monoisotopic (exact) mass is 430 g/mol. The van der Waals surface area contributed by atoms with Crippen molar-refractivity contribution in [2.75, 3.05) is 39.8 Å². The highest BCUT2D eigenvalue weighted by Gasteiger charge is 2.24. The molecule has 3 aromatic rings. The maximum Gasteiger partial charge on any atom is 0.325 e. The van der Waals surface area contributed by atoms with Gasteiger partial charge >= 0.3 is 5.97 Å². The van der Waals surface area contributed by atoms with Crippen LogP contribution in [0.2, 0.25) is 0 Å². The van der Waals surface area contributed by atoms with Gasteiger partial charge in [0, 0.05) is 37.8 Å². The summed E-state index contributed by atoms with van der Waals surface area (Å²) in [6.45, 7) is 3.84. The summed E-state index contributed by atoms with van der Waals surface area (Å²) in [6.07, 6.45) is 3.51. The molecule has 1 fully saturated rings. The number of carbonyl (C=O) groups is 1. The van der Waals surface area contributed by atoms with Gasteiger partial charge in [-0.1, -0.05) is 30.3 Å². The molecule has 2 heterocycles. The Labute approximate surface area is 186 Å². The van der Waals surface area contributed by atoms with Crippen LogP contribution in [0.5, 0.6) is 5.75 Å². The van der Waals surface area contributed by atoms with Gasteiger partial charge in [0.15, 0.2) is 5.43 Å². The van der Waals surface area contributed by atoms with Gasteiger partial charge in [-0.3, -0.25) is 14.5 Å². The number of nitrogens with zero attached hydrogens (tertiary/aromatic N) is 2. The number of likely N-dealkylation sites (N-methyl/N-ethyl adjacent to an activating group) is 1. The SMILES string of the molecule is CN1CCN(CC(=O)Oc2ccc3c(=O)c4c(oc3c2)C(=Cc2ccccc2)CC4)CC1. The molecule has 6 nitrogen and oxygen atoms in total. The molecule has 0 amide bonds. The van der Waals surface area contributed by atoms with E-state index >= 15 is 0 Å². The molecule has 0 unspecified atom stereocenters. The fraction of sp³-hybridized carbons (Fsp3) is 0.308. The number of hydrogen-bond acceptors (Lipinski definition) is 6. The molecule has 0 saturated carbocycles. The van der Waals surface area contributed by atoms with Crippen molar-refractivity contribution in [3.05, 3.63) is 75.6 Å². The average Bonchev–Trinajstić information content (AvgIpc) is 3.19. The van der Waals surface area contributed by atoms with Gasteiger partial charge in [0.1, 0.15) is 17.1 Å². The van der Waals surface area contributed by atoms with E-state index in [9.17, 15) is 9.59 Å². The quantitative estimate of drug-likeness (QED) is 0.467. The Morgan fingerprint density at radius 2 is 1.84 bits per heavy atom. The molecule has 32 heavy (non-hydrogen) atoms. The summed E-state index contributed by atoms with van der Waals surface area (Å²) in [5.74, 6) is 0.737. The van der Waals surface area contributed by atoms with Crippen LogP contribution in [0.3, 0.4) is 0 Å². The number of carbonyl (C=O) groups excluding carboxylic acids is 1. The van der Waals surface area contributed by atoms with Crippen LogP contribution in [0.25, 0.3) is 22.6 Å². The fourth-order valence-corrected chi connectivity index (χ4v) is 4.38. The van der Waals surface area contributed by atoms with Crippen LogP contribution in [-0.2, 0) is 11.2 Å². The molecule has 1 saturated heterocycles. The number of benzene rings is 2. The van der Waals surface area contributed by atoms with Crippen LogP contribution < -0.4 is 10.2 Å². The van der Waals surface area contributed by atoms with Crippen LogP contribution in [0, 0.1) is 0 Å². The molecule has 164 valence electrons. The second kappa shape index (κ2) is 8.73. The van der Waals surface area contributed by atoms with E-state index in [0.29, 0.717) is 28.9 Å². The van der Waals surface area contributed by atoms with Crippen molar-refractivity contribution in [2.45, 2.75) is 12.8 Å². The summed E-state index contributed by atoms with van der Waals surface area (Å²) in [5, 5.41) is 0.517. The average molecular weight is 431 g/mol. The van der Waals surface area contributed by atoms with Gasteiger partial charge in [0.25, 0.3) is 0 Å². The zero-order valence-electron chi connectivity index (χ0n) is 18.2. The maximum absolute atomic E-state index is 13.0. The van der Waals surface area contributed by atoms with Crippen LogP contribution in [-0.4, -0.2) is 55.5 Å². The lowest BCUT2D eigenvalue weighted by Crippen LogP contribution is -2.46. The molecule has 1 aliphatic carbocycles. The van der Waals surface area contributed by atoms with Crippen LogP contribution >= 0.6 is 0 Å². The summed E-state index contributed by atoms with van der Waals surface area (Å²) in [6, 6.07) is 15.0. The second-order valence-corrected chi connectivity index (χ2v) is 8.53. The Bertz CT molecular complexity index is 1240. The normalized spacial score (nSPS) is 18.2. The fourth-order valence-electron chi connectivity index (χ4n) is 4.38. The Morgan fingerprint density at radius 1 is 1.06 bits per heavy atom. The first kappa shape index (κ1) is 20.7. The van der Waals surface area contributed by atoms with Crippen LogP contribution in [0.4, 0.5) is 0 Å². The topological polar surface area (TPSA) is 63.0 Å². The minimum Gasteiger partial charge on any atom is -0.456 e. The third kappa shape index (κ3) is 4.24. The van der Waals surface area contributed by atoms with E-state index in [4.69, 9.17) is 9.15 Å². The first-order valence-corrected chi connectivity index (χ1v) is 11.0. The largest absolute Gasteiger partial charge is 0.456 e. The van der Waals surface area contributed by atoms with Crippen molar-refractivity contribution < 1.29 is 13.9 Å². The van der Waals surface area contributed by atoms with Crippen LogP contribution in [0.15, 0.2) is 57.7 Å². The number of piperazine rings is 1. The third-order valence-corrected chi connectivity index (χ3v) is 6.21. The van der Waals surface area contributed by atoms with Crippen molar-refractivity contribution in [1.82, 2.24) is 9.80 Å². The number of hydrogen-bond donors (Lipinski definition) is 0. The van der Waals surface area contributed by atoms with Gasteiger partial charge in [0.2, 0.25) is 0 Å². The summed E-state index contributed by atoms with van der Waals surface area (Å²) in [5.41, 5.74) is 3.25. The molecule has 2 aliphatic rings. The lowest BCUT2D eigenvalue weighted by Gasteiger charge is -2.31. The van der Waals surface area contributed by atoms with Gasteiger partial charge in [0.05, 0.1) is 11.9 Å². The summed E-state index contributed by atoms with van der Waals surface area (Å²) < 4.78 is 11.7. The van der Waals surface area contributed by atoms with Crippen molar-refractivity contribution in [1.29, 1.82) is 0 Å². The van der Waals surface area contributed by atoms with E-state index in [1.807, 2.05) is 30.3 Å². The highest BCUT2D eigenvalue weighted by molar-refractivity contribution is 5.87. The first-order valence-electron chi connectivity index (χ1n) is 11.0. The predicted octanol–water partition coefficient (Wildman–Crippen LogP) is 3.43. The molecular formula is C26H26N2O4. The molecule has 6 heteroatoms. The van der Waals surface area contributed by atoms with Crippen molar-refractivity contribution in [3.8, 4) is 5.75 Å². The molecule has 1 aliphatic heterocycles. The van der Waals surface area contributed by atoms with Gasteiger partial charge < -0.3 is 14.1 Å². The molecule has 0 atom stereocenters. The predicted molar refractivity (Wildman–Crippen MR) is 125 cm³/mol. The molecular weight excluding hydrogens is 404 g/mol. The number of esters is 1. The second-order valence-electron chi connectivity index (χ2n) is 8.53. The standard InChI is InChI=1S/C26H26N2O4/c1-27-11-13-28(14-12-27)17-24(29)31-20-8-10-21-23(16-20)32-26-19(7-9-22(26)25(21)30)15-18-5-3-2-4-6-18/h2-6,8,10,15-16H,7,9,11-14,17H2,1H3. The molecule has 0 N–H and O–H groups in total. The molecule has 0 bridgehead atoms. The molecule has 1 aromatic heterocycles. The number of ether oxygens (including phenoxy) is 1. The third-order valence-electron chi connectivity index (χ3n) is 6.21. The lowest BCUT2D eigenvalue weighted by molar-refractivity contribution is -0.136. The molecule has 0 radical (unpaired) electrons. The Hall–Kier alpha value is -3.22. The number of rotatable bonds is 4. The van der Waals surface area contributed by atoms with Crippen molar-refractivity contribution in [2.24, 2.45) is 0 Å². The van der Waals surface area contributed by atoms with Crippen molar-refractivity contribution in [3.63, 3.8) is 0 Å². The number of fused-ring (bicyclic) bond motifs is 2.